The summed E-state index contributed by atoms with van der Waals surface area (Å²) in [6.07, 6.45) is 6.32. The number of rotatable bonds is 3. The van der Waals surface area contributed by atoms with Crippen molar-refractivity contribution in [3.63, 3.8) is 0 Å². The first kappa shape index (κ1) is 10.6. The molecule has 2 aliphatic heterocycles. The molecule has 2 aliphatic rings. The summed E-state index contributed by atoms with van der Waals surface area (Å²) in [5.74, 6) is 0.900. The molecule has 0 fully saturated rings. The number of allylic oxidation sites excluding steroid dienone is 4. The van der Waals surface area contributed by atoms with E-state index < -0.39 is 0 Å². The summed E-state index contributed by atoms with van der Waals surface area (Å²) in [5.41, 5.74) is 2.07. The molecule has 2 heterocycles. The summed E-state index contributed by atoms with van der Waals surface area (Å²) in [6.45, 7) is 4.61. The molecule has 1 atom stereocenters. The lowest BCUT2D eigenvalue weighted by atomic mass is 10.2. The lowest BCUT2D eigenvalue weighted by Crippen LogP contribution is -2.38. The first-order valence-electron chi connectivity index (χ1n) is 5.40. The number of nitrogens with one attached hydrogen (secondary N) is 1. The molecule has 16 heavy (non-hydrogen) atoms. The quantitative estimate of drug-likeness (QED) is 0.783. The van der Waals surface area contributed by atoms with Crippen molar-refractivity contribution in [2.24, 2.45) is 0 Å². The highest BCUT2D eigenvalue weighted by atomic mass is 16.5. The van der Waals surface area contributed by atoms with Gasteiger partial charge in [-0.15, -0.1) is 0 Å². The predicted molar refractivity (Wildman–Crippen MR) is 60.5 cm³/mol. The molecule has 0 saturated heterocycles. The van der Waals surface area contributed by atoms with E-state index in [1.165, 1.54) is 0 Å². The molecule has 0 aromatic heterocycles. The molecule has 4 nitrogen and oxygen atoms in total. The Balaban J connectivity index is 2.21. The first-order valence-corrected chi connectivity index (χ1v) is 5.40. The normalized spacial score (nSPS) is 22.4. The van der Waals surface area contributed by atoms with Gasteiger partial charge >= 0.3 is 0 Å². The zero-order valence-electron chi connectivity index (χ0n) is 9.53. The Labute approximate surface area is 95.5 Å². The second-order valence-corrected chi connectivity index (χ2v) is 3.70. The number of ether oxygens (including phenoxy) is 1. The van der Waals surface area contributed by atoms with Gasteiger partial charge in [-0.3, -0.25) is 0 Å². The average Bonchev–Trinajstić information content (AvgIpc) is 2.59. The highest BCUT2D eigenvalue weighted by Crippen LogP contribution is 2.29. The molecule has 0 bridgehead atoms. The van der Waals surface area contributed by atoms with Crippen LogP contribution in [0.3, 0.4) is 0 Å². The largest absolute Gasteiger partial charge is 0.494 e. The number of fused-ring (bicyclic) bond motifs is 1. The SMILES string of the molecule is CCOC1=CC=CN2C(CC#N)=C(C)N[C@@H]12. The lowest BCUT2D eigenvalue weighted by Gasteiger charge is -2.29. The van der Waals surface area contributed by atoms with Crippen LogP contribution < -0.4 is 5.32 Å². The molecule has 0 amide bonds. The van der Waals surface area contributed by atoms with Gasteiger partial charge in [0.1, 0.15) is 5.76 Å². The highest BCUT2D eigenvalue weighted by Gasteiger charge is 2.32. The van der Waals surface area contributed by atoms with Crippen LogP contribution >= 0.6 is 0 Å². The van der Waals surface area contributed by atoms with E-state index in [9.17, 15) is 0 Å². The van der Waals surface area contributed by atoms with E-state index in [-0.39, 0.29) is 6.17 Å². The van der Waals surface area contributed by atoms with Crippen LogP contribution in [0.25, 0.3) is 0 Å². The van der Waals surface area contributed by atoms with E-state index in [4.69, 9.17) is 10.00 Å². The fraction of sp³-hybridized carbons (Fsp3) is 0.417. The summed E-state index contributed by atoms with van der Waals surface area (Å²) in [7, 11) is 0. The zero-order valence-corrected chi connectivity index (χ0v) is 9.53. The first-order chi connectivity index (χ1) is 7.77. The van der Waals surface area contributed by atoms with Gasteiger partial charge in [0.25, 0.3) is 0 Å². The standard InChI is InChI=1S/C12H15N3O/c1-3-16-11-5-4-8-15-10(6-7-13)9(2)14-12(11)15/h4-5,8,12,14H,3,6H2,1-2H3/t12-/m1/s1. The molecule has 2 rings (SSSR count). The maximum absolute atomic E-state index is 8.80. The number of hydrogen-bond acceptors (Lipinski definition) is 4. The van der Waals surface area contributed by atoms with Crippen molar-refractivity contribution in [2.45, 2.75) is 26.4 Å². The van der Waals surface area contributed by atoms with Crippen molar-refractivity contribution in [2.75, 3.05) is 6.61 Å². The van der Waals surface area contributed by atoms with E-state index in [0.29, 0.717) is 13.0 Å². The summed E-state index contributed by atoms with van der Waals surface area (Å²) in [6, 6.07) is 2.19. The number of hydrogen-bond donors (Lipinski definition) is 1. The van der Waals surface area contributed by atoms with Crippen LogP contribution in [-0.2, 0) is 4.74 Å². The van der Waals surface area contributed by atoms with Gasteiger partial charge < -0.3 is 15.0 Å². The monoisotopic (exact) mass is 217 g/mol. The van der Waals surface area contributed by atoms with Crippen LogP contribution in [0.1, 0.15) is 20.3 Å². The Morgan fingerprint density at radius 3 is 3.12 bits per heavy atom. The van der Waals surface area contributed by atoms with Gasteiger partial charge in [-0.1, -0.05) is 0 Å². The summed E-state index contributed by atoms with van der Waals surface area (Å²) in [4.78, 5) is 2.06. The van der Waals surface area contributed by atoms with Gasteiger partial charge in [0.2, 0.25) is 0 Å². The van der Waals surface area contributed by atoms with Gasteiger partial charge in [0.15, 0.2) is 6.17 Å². The van der Waals surface area contributed by atoms with E-state index in [1.54, 1.807) is 0 Å². The third-order valence-corrected chi connectivity index (χ3v) is 2.71. The molecular formula is C12H15N3O. The van der Waals surface area contributed by atoms with Crippen LogP contribution in [0.2, 0.25) is 0 Å². The molecule has 0 unspecified atom stereocenters. The van der Waals surface area contributed by atoms with Crippen LogP contribution in [0.5, 0.6) is 0 Å². The molecule has 0 saturated carbocycles. The molecule has 0 spiro atoms. The van der Waals surface area contributed by atoms with E-state index in [0.717, 1.165) is 17.2 Å². The van der Waals surface area contributed by atoms with Gasteiger partial charge in [0, 0.05) is 11.9 Å². The van der Waals surface area contributed by atoms with Crippen LogP contribution in [0.4, 0.5) is 0 Å². The highest BCUT2D eigenvalue weighted by molar-refractivity contribution is 5.32. The molecular weight excluding hydrogens is 202 g/mol. The fourth-order valence-corrected chi connectivity index (χ4v) is 2.01. The van der Waals surface area contributed by atoms with Crippen molar-refractivity contribution < 1.29 is 4.74 Å². The average molecular weight is 217 g/mol. The lowest BCUT2D eigenvalue weighted by molar-refractivity contribution is 0.167. The Bertz CT molecular complexity index is 414. The molecule has 0 aromatic rings. The van der Waals surface area contributed by atoms with Gasteiger partial charge in [0.05, 0.1) is 24.8 Å². The molecule has 0 aromatic carbocycles. The van der Waals surface area contributed by atoms with Crippen LogP contribution in [-0.4, -0.2) is 17.7 Å². The summed E-state index contributed by atoms with van der Waals surface area (Å²) >= 11 is 0. The number of nitriles is 1. The van der Waals surface area contributed by atoms with Gasteiger partial charge in [-0.2, -0.15) is 5.26 Å². The fourth-order valence-electron chi connectivity index (χ4n) is 2.01. The Morgan fingerprint density at radius 2 is 2.44 bits per heavy atom. The molecule has 4 heteroatoms. The number of nitrogens with zero attached hydrogens (tertiary/aromatic N) is 2. The van der Waals surface area contributed by atoms with Crippen LogP contribution in [0, 0.1) is 11.3 Å². The molecule has 0 aliphatic carbocycles. The minimum Gasteiger partial charge on any atom is -0.494 e. The van der Waals surface area contributed by atoms with Crippen molar-refractivity contribution in [1.29, 1.82) is 5.26 Å². The Morgan fingerprint density at radius 1 is 1.62 bits per heavy atom. The molecule has 84 valence electrons. The van der Waals surface area contributed by atoms with Gasteiger partial charge in [-0.25, -0.2) is 0 Å². The Kier molecular flexibility index (Phi) is 2.86. The maximum atomic E-state index is 8.80. The van der Waals surface area contributed by atoms with Crippen molar-refractivity contribution >= 4 is 0 Å². The molecule has 0 radical (unpaired) electrons. The second-order valence-electron chi connectivity index (χ2n) is 3.70. The van der Waals surface area contributed by atoms with E-state index in [2.05, 4.69) is 16.3 Å². The van der Waals surface area contributed by atoms with E-state index in [1.807, 2.05) is 32.2 Å². The maximum Gasteiger partial charge on any atom is 0.162 e. The zero-order chi connectivity index (χ0) is 11.5. The molecule has 1 N–H and O–H groups in total. The summed E-state index contributed by atoms with van der Waals surface area (Å²) in [5, 5.41) is 12.1. The third kappa shape index (κ3) is 1.65. The second kappa shape index (κ2) is 4.31. The van der Waals surface area contributed by atoms with Crippen LogP contribution in [0.15, 0.2) is 35.5 Å². The summed E-state index contributed by atoms with van der Waals surface area (Å²) < 4.78 is 5.57. The van der Waals surface area contributed by atoms with Gasteiger partial charge in [-0.05, 0) is 26.0 Å². The minimum atomic E-state index is 0.0216. The van der Waals surface area contributed by atoms with Crippen molar-refractivity contribution in [1.82, 2.24) is 10.2 Å². The minimum absolute atomic E-state index is 0.0216. The Hall–Kier alpha value is -1.89. The third-order valence-electron chi connectivity index (χ3n) is 2.71. The van der Waals surface area contributed by atoms with E-state index >= 15 is 0 Å². The topological polar surface area (TPSA) is 48.3 Å². The van der Waals surface area contributed by atoms with Crippen molar-refractivity contribution in [3.8, 4) is 6.07 Å². The van der Waals surface area contributed by atoms with Crippen molar-refractivity contribution in [3.05, 3.63) is 35.5 Å². The predicted octanol–water partition coefficient (Wildman–Crippen LogP) is 1.81. The smallest absolute Gasteiger partial charge is 0.162 e.